The lowest BCUT2D eigenvalue weighted by Gasteiger charge is -2.09. The summed E-state index contributed by atoms with van der Waals surface area (Å²) in [5.41, 5.74) is 1.09. The van der Waals surface area contributed by atoms with Crippen LogP contribution in [0.4, 0.5) is 11.4 Å². The molecule has 0 saturated carbocycles. The number of ether oxygens (including phenoxy) is 2. The quantitative estimate of drug-likeness (QED) is 0.463. The molecule has 8 heteroatoms. The molecule has 0 aliphatic carbocycles. The van der Waals surface area contributed by atoms with Crippen molar-refractivity contribution in [2.75, 3.05) is 18.5 Å². The molecule has 0 saturated heterocycles. The lowest BCUT2D eigenvalue weighted by Crippen LogP contribution is -2.21. The second-order valence-electron chi connectivity index (χ2n) is 5.34. The number of hydrogen-bond acceptors (Lipinski definition) is 6. The number of carbonyl (C=O) groups excluding carboxylic acids is 2. The molecule has 2 aromatic carbocycles. The van der Waals surface area contributed by atoms with Gasteiger partial charge in [-0.15, -0.1) is 0 Å². The molecule has 0 fully saturated rings. The first kappa shape index (κ1) is 18.9. The predicted octanol–water partition coefficient (Wildman–Crippen LogP) is 3.10. The number of nitro groups is 1. The molecule has 0 atom stereocenters. The van der Waals surface area contributed by atoms with Gasteiger partial charge in [0.05, 0.1) is 22.8 Å². The highest BCUT2D eigenvalue weighted by Crippen LogP contribution is 2.21. The molecule has 2 rings (SSSR count). The minimum atomic E-state index is -0.654. The standard InChI is InChI=1S/C18H18N2O6/c1-3-25-15-8-5-13(6-9-15)18(22)26-11-17(21)19-16-10-14(20(23)24)7-4-12(16)2/h4-10H,3,11H2,1-2H3,(H,19,21). The molecule has 1 amide bonds. The topological polar surface area (TPSA) is 108 Å². The molecule has 0 bridgehead atoms. The number of nitro benzene ring substituents is 1. The van der Waals surface area contributed by atoms with E-state index in [0.29, 0.717) is 23.6 Å². The number of rotatable bonds is 7. The Kier molecular flexibility index (Phi) is 6.26. The first-order valence-electron chi connectivity index (χ1n) is 7.85. The van der Waals surface area contributed by atoms with Gasteiger partial charge in [-0.3, -0.25) is 14.9 Å². The number of esters is 1. The number of amides is 1. The fraction of sp³-hybridized carbons (Fsp3) is 0.222. The van der Waals surface area contributed by atoms with E-state index in [1.807, 2.05) is 6.92 Å². The van der Waals surface area contributed by atoms with Crippen molar-refractivity contribution in [2.24, 2.45) is 0 Å². The van der Waals surface area contributed by atoms with Crippen molar-refractivity contribution in [3.8, 4) is 5.75 Å². The van der Waals surface area contributed by atoms with Gasteiger partial charge in [0.2, 0.25) is 0 Å². The van der Waals surface area contributed by atoms with Crippen LogP contribution in [-0.4, -0.2) is 30.0 Å². The highest BCUT2D eigenvalue weighted by atomic mass is 16.6. The fourth-order valence-electron chi connectivity index (χ4n) is 2.11. The van der Waals surface area contributed by atoms with Crippen molar-refractivity contribution < 1.29 is 24.0 Å². The number of nitrogens with zero attached hydrogens (tertiary/aromatic N) is 1. The Morgan fingerprint density at radius 3 is 2.46 bits per heavy atom. The smallest absolute Gasteiger partial charge is 0.338 e. The molecule has 0 unspecified atom stereocenters. The molecule has 0 radical (unpaired) electrons. The van der Waals surface area contributed by atoms with E-state index < -0.39 is 23.4 Å². The van der Waals surface area contributed by atoms with Gasteiger partial charge in [0.1, 0.15) is 5.75 Å². The van der Waals surface area contributed by atoms with Crippen LogP contribution in [0.2, 0.25) is 0 Å². The van der Waals surface area contributed by atoms with Crippen molar-refractivity contribution in [2.45, 2.75) is 13.8 Å². The molecule has 2 aromatic rings. The maximum absolute atomic E-state index is 11.9. The molecule has 0 aliphatic heterocycles. The zero-order valence-corrected chi connectivity index (χ0v) is 14.4. The molecular weight excluding hydrogens is 340 g/mol. The van der Waals surface area contributed by atoms with Crippen LogP contribution in [0, 0.1) is 17.0 Å². The van der Waals surface area contributed by atoms with Crippen LogP contribution in [0.15, 0.2) is 42.5 Å². The Labute approximate surface area is 149 Å². The summed E-state index contributed by atoms with van der Waals surface area (Å²) in [7, 11) is 0. The maximum Gasteiger partial charge on any atom is 0.338 e. The molecule has 0 aromatic heterocycles. The molecule has 0 spiro atoms. The number of non-ortho nitro benzene ring substituents is 1. The minimum absolute atomic E-state index is 0.141. The predicted molar refractivity (Wildman–Crippen MR) is 94.4 cm³/mol. The summed E-state index contributed by atoms with van der Waals surface area (Å²) in [6.45, 7) is 3.56. The van der Waals surface area contributed by atoms with Crippen LogP contribution >= 0.6 is 0 Å². The van der Waals surface area contributed by atoms with E-state index in [9.17, 15) is 19.7 Å². The first-order valence-corrected chi connectivity index (χ1v) is 7.85. The van der Waals surface area contributed by atoms with E-state index in [4.69, 9.17) is 9.47 Å². The summed E-state index contributed by atoms with van der Waals surface area (Å²) in [5.74, 6) is -0.616. The number of aryl methyl sites for hydroxylation is 1. The molecule has 1 N–H and O–H groups in total. The van der Waals surface area contributed by atoms with Gasteiger partial charge in [-0.25, -0.2) is 4.79 Å². The van der Waals surface area contributed by atoms with Crippen molar-refractivity contribution in [3.63, 3.8) is 0 Å². The third-order valence-electron chi connectivity index (χ3n) is 3.44. The van der Waals surface area contributed by atoms with Crippen molar-refractivity contribution in [1.29, 1.82) is 0 Å². The third kappa shape index (κ3) is 5.04. The van der Waals surface area contributed by atoms with Gasteiger partial charge in [-0.05, 0) is 43.7 Å². The van der Waals surface area contributed by atoms with Gasteiger partial charge < -0.3 is 14.8 Å². The lowest BCUT2D eigenvalue weighted by atomic mass is 10.2. The van der Waals surface area contributed by atoms with Gasteiger partial charge in [0.25, 0.3) is 11.6 Å². The summed E-state index contributed by atoms with van der Waals surface area (Å²) in [6, 6.07) is 10.5. The summed E-state index contributed by atoms with van der Waals surface area (Å²) in [6.07, 6.45) is 0. The van der Waals surface area contributed by atoms with Crippen LogP contribution in [0.1, 0.15) is 22.8 Å². The molecule has 136 valence electrons. The van der Waals surface area contributed by atoms with Crippen LogP contribution in [-0.2, 0) is 9.53 Å². The van der Waals surface area contributed by atoms with E-state index in [1.54, 1.807) is 19.1 Å². The largest absolute Gasteiger partial charge is 0.494 e. The molecular formula is C18H18N2O6. The summed E-state index contributed by atoms with van der Waals surface area (Å²) in [5, 5.41) is 13.3. The third-order valence-corrected chi connectivity index (χ3v) is 3.44. The normalized spacial score (nSPS) is 10.1. The average Bonchev–Trinajstić information content (AvgIpc) is 2.62. The number of hydrogen-bond donors (Lipinski definition) is 1. The van der Waals surface area contributed by atoms with E-state index >= 15 is 0 Å². The zero-order chi connectivity index (χ0) is 19.1. The first-order chi connectivity index (χ1) is 12.4. The number of nitrogens with one attached hydrogen (secondary N) is 1. The molecule has 0 heterocycles. The van der Waals surface area contributed by atoms with E-state index in [2.05, 4.69) is 5.32 Å². The highest BCUT2D eigenvalue weighted by Gasteiger charge is 2.13. The van der Waals surface area contributed by atoms with Crippen LogP contribution in [0.25, 0.3) is 0 Å². The van der Waals surface area contributed by atoms with Crippen molar-refractivity contribution >= 4 is 23.3 Å². The SMILES string of the molecule is CCOc1ccc(C(=O)OCC(=O)Nc2cc([N+](=O)[O-])ccc2C)cc1. The van der Waals surface area contributed by atoms with E-state index in [1.165, 1.54) is 30.3 Å². The Morgan fingerprint density at radius 2 is 1.85 bits per heavy atom. The van der Waals surface area contributed by atoms with Gasteiger partial charge in [-0.2, -0.15) is 0 Å². The monoisotopic (exact) mass is 358 g/mol. The summed E-state index contributed by atoms with van der Waals surface area (Å²) >= 11 is 0. The summed E-state index contributed by atoms with van der Waals surface area (Å²) in [4.78, 5) is 34.1. The molecule has 8 nitrogen and oxygen atoms in total. The molecule has 0 aliphatic rings. The van der Waals surface area contributed by atoms with Crippen molar-refractivity contribution in [3.05, 3.63) is 63.7 Å². The second kappa shape index (κ2) is 8.61. The van der Waals surface area contributed by atoms with Crippen LogP contribution < -0.4 is 10.1 Å². The highest BCUT2D eigenvalue weighted by molar-refractivity contribution is 5.96. The van der Waals surface area contributed by atoms with Gasteiger partial charge in [-0.1, -0.05) is 6.07 Å². The van der Waals surface area contributed by atoms with Crippen LogP contribution in [0.3, 0.4) is 0 Å². The van der Waals surface area contributed by atoms with Crippen LogP contribution in [0.5, 0.6) is 5.75 Å². The number of carbonyl (C=O) groups is 2. The van der Waals surface area contributed by atoms with Gasteiger partial charge >= 0.3 is 5.97 Å². The Balaban J connectivity index is 1.93. The van der Waals surface area contributed by atoms with E-state index in [0.717, 1.165) is 0 Å². The summed E-state index contributed by atoms with van der Waals surface area (Å²) < 4.78 is 10.2. The van der Waals surface area contributed by atoms with Gasteiger partial charge in [0.15, 0.2) is 6.61 Å². The number of anilines is 1. The fourth-order valence-corrected chi connectivity index (χ4v) is 2.11. The zero-order valence-electron chi connectivity index (χ0n) is 14.4. The van der Waals surface area contributed by atoms with E-state index in [-0.39, 0.29) is 11.3 Å². The Hall–Kier alpha value is -3.42. The Morgan fingerprint density at radius 1 is 1.15 bits per heavy atom. The average molecular weight is 358 g/mol. The Bertz CT molecular complexity index is 817. The maximum atomic E-state index is 11.9. The number of benzene rings is 2. The van der Waals surface area contributed by atoms with Gasteiger partial charge in [0, 0.05) is 12.1 Å². The lowest BCUT2D eigenvalue weighted by molar-refractivity contribution is -0.384. The molecule has 26 heavy (non-hydrogen) atoms. The van der Waals surface area contributed by atoms with Crippen molar-refractivity contribution in [1.82, 2.24) is 0 Å². The minimum Gasteiger partial charge on any atom is -0.494 e. The second-order valence-corrected chi connectivity index (χ2v) is 5.34.